The molecule has 1 aliphatic heterocycles. The first-order valence-electron chi connectivity index (χ1n) is 7.70. The molecular formula is C17H21N3O2S. The van der Waals surface area contributed by atoms with E-state index in [9.17, 15) is 9.59 Å². The lowest BCUT2D eigenvalue weighted by molar-refractivity contribution is -0.130. The number of H-pyrrole nitrogens is 1. The molecule has 2 aromatic rings. The van der Waals surface area contributed by atoms with Crippen LogP contribution in [-0.2, 0) is 17.0 Å². The number of nitrogens with one attached hydrogen (secondary N) is 2. The van der Waals surface area contributed by atoms with Crippen molar-refractivity contribution in [1.82, 2.24) is 15.2 Å². The molecule has 0 saturated carbocycles. The maximum Gasteiger partial charge on any atom is 0.251 e. The third-order valence-corrected chi connectivity index (χ3v) is 5.14. The summed E-state index contributed by atoms with van der Waals surface area (Å²) in [6.45, 7) is 1.70. The van der Waals surface area contributed by atoms with Crippen molar-refractivity contribution in [3.05, 3.63) is 35.0 Å². The van der Waals surface area contributed by atoms with Crippen LogP contribution in [0.3, 0.4) is 0 Å². The number of hydrogen-bond donors (Lipinski definition) is 2. The average Bonchev–Trinajstić information content (AvgIpc) is 2.91. The molecule has 6 heteroatoms. The molecule has 3 rings (SSSR count). The van der Waals surface area contributed by atoms with Gasteiger partial charge in [-0.1, -0.05) is 0 Å². The Kier molecular flexibility index (Phi) is 4.35. The molecule has 1 aromatic heterocycles. The van der Waals surface area contributed by atoms with E-state index in [2.05, 4.69) is 10.3 Å². The number of carbonyl (C=O) groups is 2. The van der Waals surface area contributed by atoms with Gasteiger partial charge in [0.05, 0.1) is 0 Å². The summed E-state index contributed by atoms with van der Waals surface area (Å²) < 4.78 is 0. The molecule has 122 valence electrons. The molecule has 23 heavy (non-hydrogen) atoms. The molecule has 1 aliphatic rings. The quantitative estimate of drug-likeness (QED) is 0.906. The number of nitrogens with zero attached hydrogens (tertiary/aromatic N) is 1. The fraction of sp³-hybridized carbons (Fsp3) is 0.412. The van der Waals surface area contributed by atoms with E-state index < -0.39 is 6.04 Å². The van der Waals surface area contributed by atoms with Crippen molar-refractivity contribution in [2.45, 2.75) is 25.1 Å². The molecule has 2 N–H and O–H groups in total. The van der Waals surface area contributed by atoms with Gasteiger partial charge in [0.1, 0.15) is 6.04 Å². The Morgan fingerprint density at radius 2 is 2.13 bits per heavy atom. The van der Waals surface area contributed by atoms with Gasteiger partial charge in [-0.25, -0.2) is 0 Å². The van der Waals surface area contributed by atoms with Crippen molar-refractivity contribution >= 4 is 34.5 Å². The van der Waals surface area contributed by atoms with Crippen LogP contribution in [0.25, 0.3) is 10.9 Å². The van der Waals surface area contributed by atoms with Gasteiger partial charge in [-0.3, -0.25) is 9.59 Å². The number of amides is 2. The van der Waals surface area contributed by atoms with E-state index in [-0.39, 0.29) is 11.8 Å². The number of rotatable bonds is 3. The topological polar surface area (TPSA) is 65.2 Å². The van der Waals surface area contributed by atoms with E-state index in [0.29, 0.717) is 5.56 Å². The molecule has 0 aliphatic carbocycles. The third kappa shape index (κ3) is 3.08. The standard InChI is InChI=1S/C17H21N3O2S/c1-10(17(22)20(2)3)18-16(21)11-4-5-14-12(8-11)13-9-23-7-6-15(13)19-14/h4-5,8,10,19H,6-7,9H2,1-3H3,(H,18,21)/t10-/m1/s1. The summed E-state index contributed by atoms with van der Waals surface area (Å²) in [5, 5.41) is 3.89. The highest BCUT2D eigenvalue weighted by Gasteiger charge is 2.20. The fourth-order valence-electron chi connectivity index (χ4n) is 2.90. The summed E-state index contributed by atoms with van der Waals surface area (Å²) in [7, 11) is 3.36. The van der Waals surface area contributed by atoms with Gasteiger partial charge in [0.25, 0.3) is 5.91 Å². The van der Waals surface area contributed by atoms with Crippen LogP contribution in [0.5, 0.6) is 0 Å². The largest absolute Gasteiger partial charge is 0.358 e. The van der Waals surface area contributed by atoms with E-state index in [0.717, 1.165) is 28.8 Å². The number of thioether (sulfide) groups is 1. The Hall–Kier alpha value is -1.95. The number of carbonyl (C=O) groups excluding carboxylic acids is 2. The molecule has 0 radical (unpaired) electrons. The Labute approximate surface area is 139 Å². The molecule has 0 saturated heterocycles. The Bertz CT molecular complexity index is 767. The molecule has 2 heterocycles. The lowest BCUT2D eigenvalue weighted by Crippen LogP contribution is -2.44. The Balaban J connectivity index is 1.85. The number of aromatic amines is 1. The average molecular weight is 331 g/mol. The monoisotopic (exact) mass is 331 g/mol. The first-order valence-corrected chi connectivity index (χ1v) is 8.86. The van der Waals surface area contributed by atoms with Crippen LogP contribution in [0.4, 0.5) is 0 Å². The predicted molar refractivity (Wildman–Crippen MR) is 93.8 cm³/mol. The first kappa shape index (κ1) is 15.9. The van der Waals surface area contributed by atoms with Gasteiger partial charge < -0.3 is 15.2 Å². The maximum atomic E-state index is 12.4. The van der Waals surface area contributed by atoms with Crippen molar-refractivity contribution in [2.24, 2.45) is 0 Å². The second kappa shape index (κ2) is 6.28. The zero-order valence-corrected chi connectivity index (χ0v) is 14.4. The minimum Gasteiger partial charge on any atom is -0.358 e. The van der Waals surface area contributed by atoms with Crippen molar-refractivity contribution < 1.29 is 9.59 Å². The number of fused-ring (bicyclic) bond motifs is 3. The van der Waals surface area contributed by atoms with Gasteiger partial charge in [-0.2, -0.15) is 11.8 Å². The molecule has 2 amide bonds. The van der Waals surface area contributed by atoms with Crippen molar-refractivity contribution in [1.29, 1.82) is 0 Å². The predicted octanol–water partition coefficient (Wildman–Crippen LogP) is 2.16. The summed E-state index contributed by atoms with van der Waals surface area (Å²) in [5.74, 6) is 1.79. The highest BCUT2D eigenvalue weighted by atomic mass is 32.2. The van der Waals surface area contributed by atoms with Crippen LogP contribution in [0.2, 0.25) is 0 Å². The molecule has 1 atom stereocenters. The van der Waals surface area contributed by atoms with E-state index in [1.54, 1.807) is 27.1 Å². The maximum absolute atomic E-state index is 12.4. The molecule has 1 aromatic carbocycles. The normalized spacial score (nSPS) is 15.1. The molecule has 5 nitrogen and oxygen atoms in total. The van der Waals surface area contributed by atoms with Crippen LogP contribution >= 0.6 is 11.8 Å². The van der Waals surface area contributed by atoms with E-state index in [1.807, 2.05) is 23.9 Å². The number of aryl methyl sites for hydroxylation is 1. The molecule has 0 fully saturated rings. The Morgan fingerprint density at radius 1 is 1.35 bits per heavy atom. The van der Waals surface area contributed by atoms with Gasteiger partial charge in [0, 0.05) is 42.0 Å². The van der Waals surface area contributed by atoms with Crippen molar-refractivity contribution in [3.8, 4) is 0 Å². The van der Waals surface area contributed by atoms with Crippen LogP contribution in [0, 0.1) is 0 Å². The van der Waals surface area contributed by atoms with Crippen molar-refractivity contribution in [2.75, 3.05) is 19.8 Å². The summed E-state index contributed by atoms with van der Waals surface area (Å²) in [4.78, 5) is 29.2. The highest BCUT2D eigenvalue weighted by Crippen LogP contribution is 2.31. The first-order chi connectivity index (χ1) is 11.0. The van der Waals surface area contributed by atoms with Crippen LogP contribution in [0.1, 0.15) is 28.5 Å². The highest BCUT2D eigenvalue weighted by molar-refractivity contribution is 7.98. The fourth-order valence-corrected chi connectivity index (χ4v) is 3.93. The van der Waals surface area contributed by atoms with E-state index >= 15 is 0 Å². The summed E-state index contributed by atoms with van der Waals surface area (Å²) >= 11 is 1.92. The van der Waals surface area contributed by atoms with Gasteiger partial charge in [0.2, 0.25) is 5.91 Å². The summed E-state index contributed by atoms with van der Waals surface area (Å²) in [5.41, 5.74) is 4.26. The van der Waals surface area contributed by atoms with Crippen LogP contribution in [0.15, 0.2) is 18.2 Å². The van der Waals surface area contributed by atoms with Gasteiger partial charge in [0.15, 0.2) is 0 Å². The lowest BCUT2D eigenvalue weighted by Gasteiger charge is -2.18. The van der Waals surface area contributed by atoms with Gasteiger partial charge >= 0.3 is 0 Å². The minimum atomic E-state index is -0.538. The molecular weight excluding hydrogens is 310 g/mol. The number of hydrogen-bond acceptors (Lipinski definition) is 3. The van der Waals surface area contributed by atoms with Gasteiger partial charge in [-0.05, 0) is 42.9 Å². The number of benzene rings is 1. The van der Waals surface area contributed by atoms with Crippen LogP contribution < -0.4 is 5.32 Å². The van der Waals surface area contributed by atoms with Crippen molar-refractivity contribution in [3.63, 3.8) is 0 Å². The smallest absolute Gasteiger partial charge is 0.251 e. The molecule has 0 unspecified atom stereocenters. The summed E-state index contributed by atoms with van der Waals surface area (Å²) in [6.07, 6.45) is 1.05. The SMILES string of the molecule is C[C@@H](NC(=O)c1ccc2[nH]c3c(c2c1)CSCC3)C(=O)N(C)C. The van der Waals surface area contributed by atoms with Crippen LogP contribution in [-0.4, -0.2) is 47.6 Å². The molecule has 0 spiro atoms. The molecule has 0 bridgehead atoms. The Morgan fingerprint density at radius 3 is 2.87 bits per heavy atom. The lowest BCUT2D eigenvalue weighted by atomic mass is 10.1. The van der Waals surface area contributed by atoms with E-state index in [4.69, 9.17) is 0 Å². The zero-order chi connectivity index (χ0) is 16.6. The second-order valence-electron chi connectivity index (χ2n) is 6.07. The third-order valence-electron chi connectivity index (χ3n) is 4.16. The van der Waals surface area contributed by atoms with Gasteiger partial charge in [-0.15, -0.1) is 0 Å². The zero-order valence-electron chi connectivity index (χ0n) is 13.6. The number of aromatic nitrogens is 1. The minimum absolute atomic E-state index is 0.116. The van der Waals surface area contributed by atoms with E-state index in [1.165, 1.54) is 16.2 Å². The second-order valence-corrected chi connectivity index (χ2v) is 7.18. The summed E-state index contributed by atoms with van der Waals surface area (Å²) in [6, 6.07) is 5.15. The number of likely N-dealkylation sites (N-methyl/N-ethyl adjacent to an activating group) is 1.